The molecule has 4 nitrogen and oxygen atoms in total. The molecule has 0 bridgehead atoms. The quantitative estimate of drug-likeness (QED) is 0.550. The van der Waals surface area contributed by atoms with Crippen molar-refractivity contribution in [2.24, 2.45) is 0 Å². The summed E-state index contributed by atoms with van der Waals surface area (Å²) in [4.78, 5) is 0. The van der Waals surface area contributed by atoms with E-state index in [0.29, 0.717) is 34.6 Å². The molecule has 1 heterocycles. The van der Waals surface area contributed by atoms with Crippen molar-refractivity contribution in [2.45, 2.75) is 26.4 Å². The SMILES string of the molecule is Br.CCCn1c(=N)n(CCOc2ccc(Cl)cc2Cl)c2ccccc21. The van der Waals surface area contributed by atoms with E-state index >= 15 is 0 Å². The van der Waals surface area contributed by atoms with Gasteiger partial charge in [0.2, 0.25) is 5.62 Å². The van der Waals surface area contributed by atoms with E-state index in [-0.39, 0.29) is 17.0 Å². The summed E-state index contributed by atoms with van der Waals surface area (Å²) in [7, 11) is 0. The fraction of sp³-hybridized carbons (Fsp3) is 0.278. The Hall–Kier alpha value is -1.43. The van der Waals surface area contributed by atoms with Crippen LogP contribution < -0.4 is 10.4 Å². The molecule has 0 aliphatic rings. The first kappa shape index (κ1) is 19.9. The molecule has 3 aromatic rings. The average Bonchev–Trinajstić information content (AvgIpc) is 2.83. The van der Waals surface area contributed by atoms with E-state index in [1.54, 1.807) is 18.2 Å². The van der Waals surface area contributed by atoms with Gasteiger partial charge in [-0.1, -0.05) is 42.3 Å². The first-order valence-electron chi connectivity index (χ1n) is 7.92. The van der Waals surface area contributed by atoms with Crippen LogP contribution in [0.1, 0.15) is 13.3 Å². The van der Waals surface area contributed by atoms with Crippen LogP contribution in [0.5, 0.6) is 5.75 Å². The molecule has 0 spiro atoms. The molecule has 25 heavy (non-hydrogen) atoms. The van der Waals surface area contributed by atoms with Crippen LogP contribution in [0.2, 0.25) is 10.0 Å². The van der Waals surface area contributed by atoms with Crippen molar-refractivity contribution in [1.82, 2.24) is 9.13 Å². The molecule has 1 aromatic heterocycles. The Morgan fingerprint density at radius 2 is 1.64 bits per heavy atom. The molecule has 0 unspecified atom stereocenters. The summed E-state index contributed by atoms with van der Waals surface area (Å²) < 4.78 is 9.76. The Morgan fingerprint density at radius 3 is 2.24 bits per heavy atom. The van der Waals surface area contributed by atoms with Crippen LogP contribution in [0.15, 0.2) is 42.5 Å². The third kappa shape index (κ3) is 4.22. The lowest BCUT2D eigenvalue weighted by atomic mass is 10.3. The lowest BCUT2D eigenvalue weighted by Crippen LogP contribution is -2.26. The monoisotopic (exact) mass is 443 g/mol. The number of nitrogens with one attached hydrogen (secondary N) is 1. The minimum absolute atomic E-state index is 0. The third-order valence-electron chi connectivity index (χ3n) is 3.89. The van der Waals surface area contributed by atoms with Crippen LogP contribution in [-0.4, -0.2) is 15.7 Å². The van der Waals surface area contributed by atoms with Gasteiger partial charge in [0.15, 0.2) is 0 Å². The van der Waals surface area contributed by atoms with Gasteiger partial charge < -0.3 is 13.9 Å². The molecule has 134 valence electrons. The number of fused-ring (bicyclic) bond motifs is 1. The molecular formula is C18H20BrCl2N3O. The number of benzene rings is 2. The summed E-state index contributed by atoms with van der Waals surface area (Å²) in [6, 6.07) is 13.3. The molecule has 0 amide bonds. The zero-order chi connectivity index (χ0) is 17.1. The van der Waals surface area contributed by atoms with Gasteiger partial charge in [-0.05, 0) is 36.8 Å². The number of hydrogen-bond donors (Lipinski definition) is 1. The maximum Gasteiger partial charge on any atom is 0.203 e. The summed E-state index contributed by atoms with van der Waals surface area (Å²) in [5.41, 5.74) is 2.61. The maximum atomic E-state index is 8.46. The van der Waals surface area contributed by atoms with Crippen molar-refractivity contribution in [2.75, 3.05) is 6.61 Å². The fourth-order valence-corrected chi connectivity index (χ4v) is 3.27. The lowest BCUT2D eigenvalue weighted by molar-refractivity contribution is 0.296. The van der Waals surface area contributed by atoms with E-state index in [4.69, 9.17) is 33.3 Å². The second-order valence-electron chi connectivity index (χ2n) is 5.54. The average molecular weight is 445 g/mol. The van der Waals surface area contributed by atoms with Gasteiger partial charge in [0.05, 0.1) is 22.6 Å². The lowest BCUT2D eigenvalue weighted by Gasteiger charge is -2.09. The number of para-hydroxylation sites is 2. The van der Waals surface area contributed by atoms with E-state index in [1.807, 2.05) is 27.3 Å². The molecular weight excluding hydrogens is 425 g/mol. The second-order valence-corrected chi connectivity index (χ2v) is 6.38. The second kappa shape index (κ2) is 8.79. The molecule has 3 rings (SSSR count). The molecule has 7 heteroatoms. The van der Waals surface area contributed by atoms with E-state index in [0.717, 1.165) is 24.0 Å². The Balaban J connectivity index is 0.00000225. The molecule has 0 fully saturated rings. The van der Waals surface area contributed by atoms with Crippen molar-refractivity contribution in [3.8, 4) is 5.75 Å². The number of aromatic nitrogens is 2. The number of hydrogen-bond acceptors (Lipinski definition) is 2. The zero-order valence-corrected chi connectivity index (χ0v) is 17.1. The number of aryl methyl sites for hydroxylation is 1. The van der Waals surface area contributed by atoms with Crippen LogP contribution in [0.4, 0.5) is 0 Å². The number of imidazole rings is 1. The Kier molecular flexibility index (Phi) is 6.99. The molecule has 2 aromatic carbocycles. The van der Waals surface area contributed by atoms with Gasteiger partial charge in [-0.15, -0.1) is 17.0 Å². The van der Waals surface area contributed by atoms with E-state index < -0.39 is 0 Å². The predicted molar refractivity (Wildman–Crippen MR) is 108 cm³/mol. The normalized spacial score (nSPS) is 10.7. The highest BCUT2D eigenvalue weighted by Crippen LogP contribution is 2.27. The molecule has 0 atom stereocenters. The molecule has 0 radical (unpaired) electrons. The van der Waals surface area contributed by atoms with Crippen LogP contribution in [0.25, 0.3) is 11.0 Å². The van der Waals surface area contributed by atoms with E-state index in [9.17, 15) is 0 Å². The summed E-state index contributed by atoms with van der Waals surface area (Å²) in [6.45, 7) is 3.95. The van der Waals surface area contributed by atoms with Crippen LogP contribution in [0, 0.1) is 5.41 Å². The highest BCUT2D eigenvalue weighted by Gasteiger charge is 2.10. The van der Waals surface area contributed by atoms with Crippen LogP contribution in [-0.2, 0) is 13.1 Å². The van der Waals surface area contributed by atoms with Gasteiger partial charge >= 0.3 is 0 Å². The highest BCUT2D eigenvalue weighted by molar-refractivity contribution is 8.93. The van der Waals surface area contributed by atoms with Crippen molar-refractivity contribution in [1.29, 1.82) is 5.41 Å². The first-order chi connectivity index (χ1) is 11.6. The molecule has 0 saturated carbocycles. The Morgan fingerprint density at radius 1 is 1.00 bits per heavy atom. The van der Waals surface area contributed by atoms with Crippen molar-refractivity contribution in [3.63, 3.8) is 0 Å². The zero-order valence-electron chi connectivity index (χ0n) is 13.8. The summed E-state index contributed by atoms with van der Waals surface area (Å²) in [5.74, 6) is 0.602. The maximum absolute atomic E-state index is 8.46. The van der Waals surface area contributed by atoms with Crippen LogP contribution >= 0.6 is 40.2 Å². The summed E-state index contributed by atoms with van der Waals surface area (Å²) >= 11 is 12.0. The van der Waals surface area contributed by atoms with Gasteiger partial charge in [-0.3, -0.25) is 5.41 Å². The number of halogens is 3. The summed E-state index contributed by atoms with van der Waals surface area (Å²) in [5, 5.41) is 9.53. The fourth-order valence-electron chi connectivity index (χ4n) is 2.81. The van der Waals surface area contributed by atoms with Gasteiger partial charge in [0, 0.05) is 11.6 Å². The minimum atomic E-state index is 0. The van der Waals surface area contributed by atoms with Gasteiger partial charge in [0.25, 0.3) is 0 Å². The smallest absolute Gasteiger partial charge is 0.203 e. The standard InChI is InChI=1S/C18H19Cl2N3O.BrH/c1-2-9-22-15-5-3-4-6-16(15)23(18(22)21)10-11-24-17-8-7-13(19)12-14(17)20;/h3-8,12,21H,2,9-11H2,1H3;1H. The van der Waals surface area contributed by atoms with Gasteiger partial charge in [-0.25, -0.2) is 0 Å². The topological polar surface area (TPSA) is 42.9 Å². The van der Waals surface area contributed by atoms with Gasteiger partial charge in [-0.2, -0.15) is 0 Å². The van der Waals surface area contributed by atoms with Crippen LogP contribution in [0.3, 0.4) is 0 Å². The molecule has 0 aliphatic heterocycles. The summed E-state index contributed by atoms with van der Waals surface area (Å²) in [6.07, 6.45) is 0.988. The van der Waals surface area contributed by atoms with Crippen molar-refractivity contribution < 1.29 is 4.74 Å². The number of ether oxygens (including phenoxy) is 1. The third-order valence-corrected chi connectivity index (χ3v) is 4.42. The predicted octanol–water partition coefficient (Wildman–Crippen LogP) is 5.30. The first-order valence-corrected chi connectivity index (χ1v) is 8.68. The van der Waals surface area contributed by atoms with E-state index in [2.05, 4.69) is 13.0 Å². The highest BCUT2D eigenvalue weighted by atomic mass is 79.9. The molecule has 0 saturated heterocycles. The minimum Gasteiger partial charge on any atom is -0.490 e. The molecule has 0 aliphatic carbocycles. The Labute approximate surface area is 167 Å². The number of nitrogens with zero attached hydrogens (tertiary/aromatic N) is 2. The largest absolute Gasteiger partial charge is 0.490 e. The Bertz CT molecular complexity index is 920. The van der Waals surface area contributed by atoms with Crippen molar-refractivity contribution in [3.05, 3.63) is 58.1 Å². The van der Waals surface area contributed by atoms with Crippen molar-refractivity contribution >= 4 is 51.2 Å². The van der Waals surface area contributed by atoms with Gasteiger partial charge in [0.1, 0.15) is 12.4 Å². The van der Waals surface area contributed by atoms with E-state index in [1.165, 1.54) is 0 Å². The molecule has 1 N–H and O–H groups in total. The number of rotatable bonds is 6.